The fourth-order valence-electron chi connectivity index (χ4n) is 1.37. The SMILES string of the molecule is CC1(c2nc3sc(I)cc3s2)CC1. The van der Waals surface area contributed by atoms with E-state index in [1.807, 2.05) is 11.3 Å². The first-order valence-electron chi connectivity index (χ1n) is 4.24. The number of fused-ring (bicyclic) bond motifs is 1. The van der Waals surface area contributed by atoms with Crippen molar-refractivity contribution in [1.82, 2.24) is 4.98 Å². The van der Waals surface area contributed by atoms with E-state index in [2.05, 4.69) is 35.6 Å². The minimum Gasteiger partial charge on any atom is -0.230 e. The van der Waals surface area contributed by atoms with Crippen LogP contribution in [0.5, 0.6) is 0 Å². The number of hydrogen-bond donors (Lipinski definition) is 0. The molecule has 0 aliphatic heterocycles. The van der Waals surface area contributed by atoms with Crippen molar-refractivity contribution in [2.45, 2.75) is 25.2 Å². The third-order valence-electron chi connectivity index (χ3n) is 2.58. The Morgan fingerprint density at radius 1 is 1.46 bits per heavy atom. The van der Waals surface area contributed by atoms with E-state index < -0.39 is 0 Å². The molecule has 1 nitrogen and oxygen atoms in total. The number of thiophene rings is 1. The summed E-state index contributed by atoms with van der Waals surface area (Å²) < 4.78 is 2.72. The fraction of sp³-hybridized carbons (Fsp3) is 0.444. The van der Waals surface area contributed by atoms with Crippen molar-refractivity contribution in [3.63, 3.8) is 0 Å². The molecule has 0 amide bonds. The Morgan fingerprint density at radius 2 is 2.23 bits per heavy atom. The van der Waals surface area contributed by atoms with Crippen LogP contribution in [0.15, 0.2) is 6.07 Å². The molecule has 0 atom stereocenters. The van der Waals surface area contributed by atoms with Gasteiger partial charge in [0, 0.05) is 5.41 Å². The molecule has 13 heavy (non-hydrogen) atoms. The summed E-state index contributed by atoms with van der Waals surface area (Å²) in [6.07, 6.45) is 2.65. The molecule has 1 aliphatic carbocycles. The summed E-state index contributed by atoms with van der Waals surface area (Å²) in [5, 5.41) is 1.35. The van der Waals surface area contributed by atoms with Gasteiger partial charge >= 0.3 is 0 Å². The van der Waals surface area contributed by atoms with E-state index in [0.717, 1.165) is 0 Å². The first-order valence-corrected chi connectivity index (χ1v) is 6.95. The highest BCUT2D eigenvalue weighted by atomic mass is 127. The fourth-order valence-corrected chi connectivity index (χ4v) is 4.66. The molecule has 4 heteroatoms. The van der Waals surface area contributed by atoms with Crippen LogP contribution in [0.4, 0.5) is 0 Å². The van der Waals surface area contributed by atoms with Gasteiger partial charge in [0.1, 0.15) is 9.84 Å². The molecule has 0 bridgehead atoms. The topological polar surface area (TPSA) is 12.9 Å². The van der Waals surface area contributed by atoms with Gasteiger partial charge in [-0.2, -0.15) is 0 Å². The standard InChI is InChI=1S/C9H8INS2/c1-9(2-3-9)8-11-7-5(12-8)4-6(10)13-7/h4H,2-3H2,1H3. The Morgan fingerprint density at radius 3 is 2.85 bits per heavy atom. The van der Waals surface area contributed by atoms with E-state index in [-0.39, 0.29) is 0 Å². The Hall–Kier alpha value is 0.320. The van der Waals surface area contributed by atoms with E-state index in [1.54, 1.807) is 11.3 Å². The van der Waals surface area contributed by atoms with Gasteiger partial charge in [-0.1, -0.05) is 6.92 Å². The van der Waals surface area contributed by atoms with Gasteiger partial charge in [0.05, 0.1) is 7.58 Å². The third kappa shape index (κ3) is 1.34. The van der Waals surface area contributed by atoms with E-state index >= 15 is 0 Å². The van der Waals surface area contributed by atoms with Gasteiger partial charge < -0.3 is 0 Å². The summed E-state index contributed by atoms with van der Waals surface area (Å²) in [7, 11) is 0. The second-order valence-corrected chi connectivity index (χ2v) is 7.76. The van der Waals surface area contributed by atoms with Crippen molar-refractivity contribution < 1.29 is 0 Å². The van der Waals surface area contributed by atoms with Crippen LogP contribution in [0.25, 0.3) is 9.53 Å². The van der Waals surface area contributed by atoms with Crippen molar-refractivity contribution in [3.05, 3.63) is 14.0 Å². The lowest BCUT2D eigenvalue weighted by atomic mass is 10.2. The summed E-state index contributed by atoms with van der Waals surface area (Å²) in [5.41, 5.74) is 0.439. The molecule has 1 fully saturated rings. The summed E-state index contributed by atoms with van der Waals surface area (Å²) >= 11 is 6.05. The Labute approximate surface area is 98.3 Å². The summed E-state index contributed by atoms with van der Waals surface area (Å²) in [4.78, 5) is 5.93. The average molecular weight is 321 g/mol. The maximum Gasteiger partial charge on any atom is 0.135 e. The van der Waals surface area contributed by atoms with Gasteiger partial charge in [0.15, 0.2) is 0 Å². The molecule has 0 unspecified atom stereocenters. The van der Waals surface area contributed by atoms with Crippen molar-refractivity contribution in [1.29, 1.82) is 0 Å². The van der Waals surface area contributed by atoms with E-state index in [9.17, 15) is 0 Å². The molecule has 3 rings (SSSR count). The second-order valence-electron chi connectivity index (χ2n) is 3.80. The molecule has 1 aliphatic rings. The molecule has 0 saturated heterocycles. The normalized spacial score (nSPS) is 19.5. The lowest BCUT2D eigenvalue weighted by molar-refractivity contribution is 0.780. The smallest absolute Gasteiger partial charge is 0.135 e. The summed E-state index contributed by atoms with van der Waals surface area (Å²) in [6, 6.07) is 2.24. The lowest BCUT2D eigenvalue weighted by Gasteiger charge is -1.99. The molecule has 0 aromatic carbocycles. The molecule has 0 radical (unpaired) electrons. The highest BCUT2D eigenvalue weighted by Crippen LogP contribution is 2.50. The van der Waals surface area contributed by atoms with Crippen LogP contribution in [0, 0.1) is 2.88 Å². The largest absolute Gasteiger partial charge is 0.230 e. The highest BCUT2D eigenvalue weighted by Gasteiger charge is 2.42. The molecule has 0 N–H and O–H groups in total. The number of aromatic nitrogens is 1. The number of thiazole rings is 1. The monoisotopic (exact) mass is 321 g/mol. The third-order valence-corrected chi connectivity index (χ3v) is 5.80. The van der Waals surface area contributed by atoms with Crippen LogP contribution in [0.2, 0.25) is 0 Å². The predicted molar refractivity (Wildman–Crippen MR) is 66.8 cm³/mol. The van der Waals surface area contributed by atoms with Gasteiger partial charge in [-0.15, -0.1) is 22.7 Å². The Balaban J connectivity index is 2.18. The van der Waals surface area contributed by atoms with Crippen LogP contribution >= 0.6 is 45.3 Å². The zero-order valence-electron chi connectivity index (χ0n) is 7.13. The van der Waals surface area contributed by atoms with Gasteiger partial charge in [-0.3, -0.25) is 0 Å². The average Bonchev–Trinajstić information content (AvgIpc) is 2.53. The first kappa shape index (κ1) is 8.61. The van der Waals surface area contributed by atoms with Gasteiger partial charge in [0.25, 0.3) is 0 Å². The van der Waals surface area contributed by atoms with Crippen LogP contribution in [-0.4, -0.2) is 4.98 Å². The molecular formula is C9H8INS2. The molecule has 2 heterocycles. The number of rotatable bonds is 1. The molecule has 2 aromatic rings. The van der Waals surface area contributed by atoms with Gasteiger partial charge in [-0.25, -0.2) is 4.98 Å². The van der Waals surface area contributed by atoms with E-state index in [4.69, 9.17) is 4.98 Å². The maximum absolute atomic E-state index is 4.70. The molecule has 2 aromatic heterocycles. The van der Waals surface area contributed by atoms with Crippen molar-refractivity contribution in [3.8, 4) is 0 Å². The first-order chi connectivity index (χ1) is 6.17. The Kier molecular flexibility index (Phi) is 1.77. The lowest BCUT2D eigenvalue weighted by Crippen LogP contribution is -1.97. The van der Waals surface area contributed by atoms with E-state index in [0.29, 0.717) is 5.41 Å². The van der Waals surface area contributed by atoms with E-state index in [1.165, 1.54) is 30.3 Å². The summed E-state index contributed by atoms with van der Waals surface area (Å²) in [6.45, 7) is 2.32. The quantitative estimate of drug-likeness (QED) is 0.723. The number of hydrogen-bond acceptors (Lipinski definition) is 3. The highest BCUT2D eigenvalue weighted by molar-refractivity contribution is 14.1. The molecule has 1 saturated carbocycles. The Bertz CT molecular complexity index is 435. The minimum atomic E-state index is 0.439. The molecule has 68 valence electrons. The van der Waals surface area contributed by atoms with Crippen molar-refractivity contribution >= 4 is 54.8 Å². The second kappa shape index (κ2) is 2.67. The van der Waals surface area contributed by atoms with Crippen LogP contribution in [0.3, 0.4) is 0 Å². The maximum atomic E-state index is 4.70. The van der Waals surface area contributed by atoms with Crippen LogP contribution in [-0.2, 0) is 5.41 Å². The summed E-state index contributed by atoms with van der Waals surface area (Å²) in [5.74, 6) is 0. The zero-order chi connectivity index (χ0) is 9.05. The number of halogens is 1. The minimum absolute atomic E-state index is 0.439. The van der Waals surface area contributed by atoms with Crippen LogP contribution in [0.1, 0.15) is 24.8 Å². The van der Waals surface area contributed by atoms with Gasteiger partial charge in [0.2, 0.25) is 0 Å². The van der Waals surface area contributed by atoms with Crippen molar-refractivity contribution in [2.75, 3.05) is 0 Å². The molecular weight excluding hydrogens is 313 g/mol. The zero-order valence-corrected chi connectivity index (χ0v) is 10.9. The molecule has 0 spiro atoms. The van der Waals surface area contributed by atoms with Crippen molar-refractivity contribution in [2.24, 2.45) is 0 Å². The van der Waals surface area contributed by atoms with Crippen LogP contribution < -0.4 is 0 Å². The van der Waals surface area contributed by atoms with Gasteiger partial charge in [-0.05, 0) is 41.5 Å². The number of nitrogens with zero attached hydrogens (tertiary/aromatic N) is 1. The predicted octanol–water partition coefficient (Wildman–Crippen LogP) is 4.01.